The van der Waals surface area contributed by atoms with Gasteiger partial charge < -0.3 is 10.6 Å². The molecule has 1 saturated heterocycles. The highest BCUT2D eigenvalue weighted by Crippen LogP contribution is 2.22. The zero-order valence-corrected chi connectivity index (χ0v) is 11.2. The fourth-order valence-corrected chi connectivity index (χ4v) is 1.74. The second-order valence-corrected chi connectivity index (χ2v) is 4.45. The number of benzene rings is 1. The SMILES string of the molecule is Cc1c(Cl)cccc1NC(=O)N=C1CNC(=O)NC1=O. The summed E-state index contributed by atoms with van der Waals surface area (Å²) < 4.78 is 0. The predicted molar refractivity (Wildman–Crippen MR) is 74.2 cm³/mol. The number of amides is 5. The third-order valence-corrected chi connectivity index (χ3v) is 3.06. The number of rotatable bonds is 1. The number of halogens is 1. The number of anilines is 1. The molecule has 5 amide bonds. The van der Waals surface area contributed by atoms with Gasteiger partial charge in [-0.3, -0.25) is 10.1 Å². The molecule has 1 fully saturated rings. The Balaban J connectivity index is 2.11. The molecule has 20 heavy (non-hydrogen) atoms. The maximum Gasteiger partial charge on any atom is 0.345 e. The Morgan fingerprint density at radius 2 is 2.15 bits per heavy atom. The molecule has 0 saturated carbocycles. The Bertz CT molecular complexity index is 627. The first-order valence-electron chi connectivity index (χ1n) is 5.70. The molecule has 7 nitrogen and oxygen atoms in total. The molecule has 1 heterocycles. The van der Waals surface area contributed by atoms with Crippen LogP contribution < -0.4 is 16.0 Å². The lowest BCUT2D eigenvalue weighted by atomic mass is 10.2. The van der Waals surface area contributed by atoms with E-state index in [4.69, 9.17) is 11.6 Å². The summed E-state index contributed by atoms with van der Waals surface area (Å²) in [7, 11) is 0. The molecular weight excluding hydrogens is 284 g/mol. The van der Waals surface area contributed by atoms with E-state index in [2.05, 4.69) is 15.6 Å². The zero-order valence-electron chi connectivity index (χ0n) is 10.5. The predicted octanol–water partition coefficient (Wildman–Crippen LogP) is 1.46. The van der Waals surface area contributed by atoms with Crippen molar-refractivity contribution in [1.29, 1.82) is 0 Å². The van der Waals surface area contributed by atoms with Crippen molar-refractivity contribution < 1.29 is 14.4 Å². The smallest absolute Gasteiger partial charge is 0.332 e. The molecule has 0 bridgehead atoms. The molecule has 1 aliphatic rings. The van der Waals surface area contributed by atoms with Gasteiger partial charge in [0.15, 0.2) is 0 Å². The van der Waals surface area contributed by atoms with E-state index >= 15 is 0 Å². The Hall–Kier alpha value is -2.41. The molecule has 0 radical (unpaired) electrons. The van der Waals surface area contributed by atoms with E-state index < -0.39 is 18.0 Å². The first kappa shape index (κ1) is 14.0. The highest BCUT2D eigenvalue weighted by atomic mass is 35.5. The third-order valence-electron chi connectivity index (χ3n) is 2.65. The number of hydrogen-bond acceptors (Lipinski definition) is 3. The number of carbonyl (C=O) groups is 3. The van der Waals surface area contributed by atoms with E-state index in [1.165, 1.54) is 0 Å². The van der Waals surface area contributed by atoms with E-state index in [0.717, 1.165) is 0 Å². The lowest BCUT2D eigenvalue weighted by molar-refractivity contribution is -0.114. The monoisotopic (exact) mass is 294 g/mol. The van der Waals surface area contributed by atoms with Crippen molar-refractivity contribution in [3.05, 3.63) is 28.8 Å². The van der Waals surface area contributed by atoms with Crippen LogP contribution in [0, 0.1) is 6.92 Å². The summed E-state index contributed by atoms with van der Waals surface area (Å²) in [5.41, 5.74) is 1.14. The van der Waals surface area contributed by atoms with Gasteiger partial charge in [0.25, 0.3) is 5.91 Å². The molecule has 1 aromatic rings. The molecule has 0 atom stereocenters. The minimum Gasteiger partial charge on any atom is -0.332 e. The van der Waals surface area contributed by atoms with Gasteiger partial charge in [0.05, 0.1) is 6.54 Å². The molecule has 2 rings (SSSR count). The maximum atomic E-state index is 11.7. The number of nitrogens with zero attached hydrogens (tertiary/aromatic N) is 1. The summed E-state index contributed by atoms with van der Waals surface area (Å²) in [5, 5.41) is 7.39. The Morgan fingerprint density at radius 3 is 2.85 bits per heavy atom. The molecule has 104 valence electrons. The lowest BCUT2D eigenvalue weighted by Crippen LogP contribution is -2.53. The van der Waals surface area contributed by atoms with Gasteiger partial charge in [0.1, 0.15) is 5.71 Å². The molecule has 1 aliphatic heterocycles. The van der Waals surface area contributed by atoms with E-state index in [1.54, 1.807) is 25.1 Å². The number of aliphatic imine (C=N–C) groups is 1. The van der Waals surface area contributed by atoms with Gasteiger partial charge in [0.2, 0.25) is 0 Å². The minimum absolute atomic E-state index is 0.0678. The number of carbonyl (C=O) groups excluding carboxylic acids is 3. The minimum atomic E-state index is -0.711. The summed E-state index contributed by atoms with van der Waals surface area (Å²) in [6.07, 6.45) is 0. The van der Waals surface area contributed by atoms with Gasteiger partial charge in [-0.15, -0.1) is 0 Å². The first-order chi connectivity index (χ1) is 9.47. The van der Waals surface area contributed by atoms with E-state index in [9.17, 15) is 14.4 Å². The number of hydrogen-bond donors (Lipinski definition) is 3. The number of nitrogens with one attached hydrogen (secondary N) is 3. The molecular formula is C12H11ClN4O3. The van der Waals surface area contributed by atoms with Crippen LogP contribution in [-0.4, -0.2) is 30.2 Å². The van der Waals surface area contributed by atoms with Gasteiger partial charge in [-0.25, -0.2) is 9.59 Å². The highest BCUT2D eigenvalue weighted by molar-refractivity contribution is 6.45. The van der Waals surface area contributed by atoms with Crippen molar-refractivity contribution >= 4 is 41.0 Å². The van der Waals surface area contributed by atoms with E-state index in [-0.39, 0.29) is 12.3 Å². The van der Waals surface area contributed by atoms with Crippen molar-refractivity contribution in [2.45, 2.75) is 6.92 Å². The number of urea groups is 2. The van der Waals surface area contributed by atoms with Gasteiger partial charge in [-0.2, -0.15) is 4.99 Å². The Labute approximate surface area is 119 Å². The molecule has 0 unspecified atom stereocenters. The van der Waals surface area contributed by atoms with Gasteiger partial charge in [-0.05, 0) is 24.6 Å². The molecule has 0 aromatic heterocycles. The Kier molecular flexibility index (Phi) is 3.99. The quantitative estimate of drug-likeness (QED) is 0.731. The van der Waals surface area contributed by atoms with Crippen LogP contribution in [0.15, 0.2) is 23.2 Å². The van der Waals surface area contributed by atoms with Crippen LogP contribution in [0.25, 0.3) is 0 Å². The molecule has 3 N–H and O–H groups in total. The van der Waals surface area contributed by atoms with Crippen LogP contribution in [0.2, 0.25) is 5.02 Å². The summed E-state index contributed by atoms with van der Waals surface area (Å²) >= 11 is 5.93. The largest absolute Gasteiger partial charge is 0.345 e. The molecule has 0 spiro atoms. The van der Waals surface area contributed by atoms with Crippen LogP contribution in [0.1, 0.15) is 5.56 Å². The summed E-state index contributed by atoms with van der Waals surface area (Å²) in [5.74, 6) is -0.688. The van der Waals surface area contributed by atoms with Crippen molar-refractivity contribution in [2.24, 2.45) is 4.99 Å². The average Bonchev–Trinajstić information content (AvgIpc) is 2.38. The standard InChI is InChI=1S/C12H11ClN4O3/c1-6-7(13)3-2-4-8(6)15-12(20)16-9-5-14-11(19)17-10(9)18/h2-4H,5H2,1H3,(H,15,20)(H2,14,17,18,19). The van der Waals surface area contributed by atoms with Crippen LogP contribution in [0.4, 0.5) is 15.3 Å². The van der Waals surface area contributed by atoms with Crippen LogP contribution in [0.3, 0.4) is 0 Å². The van der Waals surface area contributed by atoms with E-state index in [1.807, 2.05) is 5.32 Å². The number of imide groups is 1. The Morgan fingerprint density at radius 1 is 1.40 bits per heavy atom. The van der Waals surface area contributed by atoms with Crippen molar-refractivity contribution in [3.63, 3.8) is 0 Å². The van der Waals surface area contributed by atoms with Gasteiger partial charge in [0, 0.05) is 10.7 Å². The van der Waals surface area contributed by atoms with Crippen LogP contribution >= 0.6 is 11.6 Å². The summed E-state index contributed by atoms with van der Waals surface area (Å²) in [4.78, 5) is 37.6. The maximum absolute atomic E-state index is 11.7. The molecule has 8 heteroatoms. The average molecular weight is 295 g/mol. The second-order valence-electron chi connectivity index (χ2n) is 4.04. The van der Waals surface area contributed by atoms with Crippen LogP contribution in [-0.2, 0) is 4.79 Å². The molecule has 0 aliphatic carbocycles. The van der Waals surface area contributed by atoms with Crippen LogP contribution in [0.5, 0.6) is 0 Å². The third kappa shape index (κ3) is 3.12. The summed E-state index contributed by atoms with van der Waals surface area (Å²) in [6.45, 7) is 1.66. The first-order valence-corrected chi connectivity index (χ1v) is 6.08. The normalized spacial score (nSPS) is 16.6. The van der Waals surface area contributed by atoms with E-state index in [0.29, 0.717) is 16.3 Å². The topological polar surface area (TPSA) is 99.7 Å². The molecule has 1 aromatic carbocycles. The van der Waals surface area contributed by atoms with Crippen molar-refractivity contribution in [1.82, 2.24) is 10.6 Å². The van der Waals surface area contributed by atoms with Crippen molar-refractivity contribution in [3.8, 4) is 0 Å². The lowest BCUT2D eigenvalue weighted by Gasteiger charge is -2.14. The highest BCUT2D eigenvalue weighted by Gasteiger charge is 2.22. The second kappa shape index (κ2) is 5.70. The van der Waals surface area contributed by atoms with Gasteiger partial charge in [-0.1, -0.05) is 17.7 Å². The van der Waals surface area contributed by atoms with Crippen molar-refractivity contribution in [2.75, 3.05) is 11.9 Å². The summed E-state index contributed by atoms with van der Waals surface area (Å²) in [6, 6.07) is 3.73. The fourth-order valence-electron chi connectivity index (χ4n) is 1.56. The van der Waals surface area contributed by atoms with Gasteiger partial charge >= 0.3 is 12.1 Å². The fraction of sp³-hybridized carbons (Fsp3) is 0.167. The zero-order chi connectivity index (χ0) is 14.7.